The number of ether oxygens (including phenoxy) is 1. The van der Waals surface area contributed by atoms with Crippen LogP contribution in [0.1, 0.15) is 38.5 Å². The van der Waals surface area contributed by atoms with Crippen molar-refractivity contribution in [3.05, 3.63) is 0 Å². The van der Waals surface area contributed by atoms with Crippen molar-refractivity contribution in [2.45, 2.75) is 50.1 Å². The molecule has 1 aliphatic heterocycles. The van der Waals surface area contributed by atoms with Crippen LogP contribution >= 0.6 is 12.2 Å². The van der Waals surface area contributed by atoms with E-state index in [1.54, 1.807) is 0 Å². The number of nitrogens with two attached hydrogens (primary N) is 1. The molecule has 2 rings (SSSR count). The lowest BCUT2D eigenvalue weighted by Gasteiger charge is -2.42. The maximum atomic E-state index is 11.0. The Morgan fingerprint density at radius 2 is 2.00 bits per heavy atom. The van der Waals surface area contributed by atoms with Crippen molar-refractivity contribution < 1.29 is 9.53 Å². The van der Waals surface area contributed by atoms with E-state index in [2.05, 4.69) is 10.6 Å². The number of hydrogen-bond donors (Lipinski definition) is 3. The number of nitrogens with one attached hydrogen (secondary N) is 2. The average molecular weight is 271 g/mol. The average Bonchev–Trinajstić information content (AvgIpc) is 2.26. The highest BCUT2D eigenvalue weighted by Gasteiger charge is 2.40. The standard InChI is InChI=1S/C12H21N3O2S/c13-10(16)6-12(7-17-8-12)15-11(18)14-9-4-2-1-3-5-9/h9H,1-8H2,(H2,13,16)(H2,14,15,18). The number of hydrogen-bond acceptors (Lipinski definition) is 3. The Bertz CT molecular complexity index is 325. The second-order valence-corrected chi connectivity index (χ2v) is 5.76. The van der Waals surface area contributed by atoms with Gasteiger partial charge in [-0.1, -0.05) is 19.3 Å². The maximum Gasteiger partial charge on any atom is 0.219 e. The van der Waals surface area contributed by atoms with Gasteiger partial charge >= 0.3 is 0 Å². The van der Waals surface area contributed by atoms with Crippen LogP contribution in [-0.2, 0) is 9.53 Å². The molecule has 5 nitrogen and oxygen atoms in total. The molecule has 1 aliphatic carbocycles. The van der Waals surface area contributed by atoms with E-state index in [-0.39, 0.29) is 17.9 Å². The third kappa shape index (κ3) is 3.55. The Balaban J connectivity index is 1.80. The van der Waals surface area contributed by atoms with E-state index in [9.17, 15) is 4.79 Å². The smallest absolute Gasteiger partial charge is 0.219 e. The van der Waals surface area contributed by atoms with E-state index in [1.165, 1.54) is 32.1 Å². The van der Waals surface area contributed by atoms with Crippen LogP contribution in [0.5, 0.6) is 0 Å². The molecule has 1 amide bonds. The topological polar surface area (TPSA) is 76.4 Å². The van der Waals surface area contributed by atoms with Gasteiger partial charge in [0.25, 0.3) is 0 Å². The van der Waals surface area contributed by atoms with E-state index in [0.29, 0.717) is 24.4 Å². The largest absolute Gasteiger partial charge is 0.376 e. The van der Waals surface area contributed by atoms with Crippen LogP contribution in [-0.4, -0.2) is 35.8 Å². The molecule has 18 heavy (non-hydrogen) atoms. The third-order valence-electron chi connectivity index (χ3n) is 3.59. The zero-order chi connectivity index (χ0) is 13.0. The summed E-state index contributed by atoms with van der Waals surface area (Å²) in [6, 6.07) is 0.463. The Morgan fingerprint density at radius 3 is 2.50 bits per heavy atom. The molecule has 2 aliphatic rings. The Labute approximate surface area is 113 Å². The minimum absolute atomic E-state index is 0.263. The van der Waals surface area contributed by atoms with Gasteiger partial charge in [0, 0.05) is 6.04 Å². The summed E-state index contributed by atoms with van der Waals surface area (Å²) in [6.07, 6.45) is 6.44. The van der Waals surface area contributed by atoms with Gasteiger partial charge in [-0.3, -0.25) is 4.79 Å². The van der Waals surface area contributed by atoms with Gasteiger partial charge in [-0.25, -0.2) is 0 Å². The first-order valence-corrected chi connectivity index (χ1v) is 6.95. The first-order valence-electron chi connectivity index (χ1n) is 6.54. The van der Waals surface area contributed by atoms with Crippen LogP contribution in [0.3, 0.4) is 0 Å². The highest BCUT2D eigenvalue weighted by atomic mass is 32.1. The SMILES string of the molecule is NC(=O)CC1(NC(=S)NC2CCCCC2)COC1. The van der Waals surface area contributed by atoms with E-state index in [1.807, 2.05) is 0 Å². The van der Waals surface area contributed by atoms with Crippen molar-refractivity contribution in [3.8, 4) is 0 Å². The van der Waals surface area contributed by atoms with Gasteiger partial charge in [-0.05, 0) is 25.1 Å². The van der Waals surface area contributed by atoms with Crippen LogP contribution in [0.25, 0.3) is 0 Å². The second kappa shape index (κ2) is 5.84. The first-order chi connectivity index (χ1) is 8.60. The van der Waals surface area contributed by atoms with Crippen LogP contribution in [0.4, 0.5) is 0 Å². The number of thiocarbonyl (C=S) groups is 1. The van der Waals surface area contributed by atoms with Crippen molar-refractivity contribution in [1.82, 2.24) is 10.6 Å². The van der Waals surface area contributed by atoms with Crippen LogP contribution < -0.4 is 16.4 Å². The Morgan fingerprint density at radius 1 is 1.33 bits per heavy atom. The van der Waals surface area contributed by atoms with Gasteiger partial charge in [0.1, 0.15) is 0 Å². The molecule has 0 atom stereocenters. The molecule has 0 aromatic carbocycles. The molecule has 4 N–H and O–H groups in total. The fraction of sp³-hybridized carbons (Fsp3) is 0.833. The van der Waals surface area contributed by atoms with Crippen LogP contribution in [0, 0.1) is 0 Å². The summed E-state index contributed by atoms with van der Waals surface area (Å²) in [5, 5.41) is 7.15. The lowest BCUT2D eigenvalue weighted by atomic mass is 9.92. The highest BCUT2D eigenvalue weighted by molar-refractivity contribution is 7.80. The third-order valence-corrected chi connectivity index (χ3v) is 3.81. The van der Waals surface area contributed by atoms with Crippen molar-refractivity contribution in [1.29, 1.82) is 0 Å². The van der Waals surface area contributed by atoms with E-state index < -0.39 is 0 Å². The quantitative estimate of drug-likeness (QED) is 0.646. The van der Waals surface area contributed by atoms with Crippen molar-refractivity contribution in [2.24, 2.45) is 5.73 Å². The number of carbonyl (C=O) groups is 1. The number of carbonyl (C=O) groups excluding carboxylic acids is 1. The Hall–Kier alpha value is -0.880. The zero-order valence-electron chi connectivity index (χ0n) is 10.5. The summed E-state index contributed by atoms with van der Waals surface area (Å²) < 4.78 is 5.17. The molecule has 102 valence electrons. The molecule has 1 saturated heterocycles. The second-order valence-electron chi connectivity index (χ2n) is 5.35. The molecule has 0 spiro atoms. The molecule has 0 aromatic rings. The van der Waals surface area contributed by atoms with Gasteiger partial charge in [0.15, 0.2) is 5.11 Å². The van der Waals surface area contributed by atoms with Crippen molar-refractivity contribution in [3.63, 3.8) is 0 Å². The summed E-state index contributed by atoms with van der Waals surface area (Å²) in [5.74, 6) is -0.328. The fourth-order valence-electron chi connectivity index (χ4n) is 2.61. The molecule has 6 heteroatoms. The summed E-state index contributed by atoms with van der Waals surface area (Å²) in [7, 11) is 0. The minimum atomic E-state index is -0.384. The molecule has 0 aromatic heterocycles. The fourth-order valence-corrected chi connectivity index (χ4v) is 2.99. The summed E-state index contributed by atoms with van der Waals surface area (Å²) in [4.78, 5) is 11.0. The molecule has 0 bridgehead atoms. The van der Waals surface area contributed by atoms with E-state index in [4.69, 9.17) is 22.7 Å². The lowest BCUT2D eigenvalue weighted by Crippen LogP contribution is -2.65. The van der Waals surface area contributed by atoms with Crippen LogP contribution in [0.15, 0.2) is 0 Å². The lowest BCUT2D eigenvalue weighted by molar-refractivity contribution is -0.126. The molecule has 1 saturated carbocycles. The number of primary amides is 1. The molecular formula is C12H21N3O2S. The summed E-state index contributed by atoms with van der Waals surface area (Å²) in [5.41, 5.74) is 4.87. The Kier molecular flexibility index (Phi) is 4.40. The van der Waals surface area contributed by atoms with Crippen LogP contribution in [0.2, 0.25) is 0 Å². The number of rotatable bonds is 4. The number of amides is 1. The van der Waals surface area contributed by atoms with Crippen molar-refractivity contribution in [2.75, 3.05) is 13.2 Å². The normalized spacial score (nSPS) is 22.9. The van der Waals surface area contributed by atoms with Gasteiger partial charge in [0.2, 0.25) is 5.91 Å². The maximum absolute atomic E-state index is 11.0. The van der Waals surface area contributed by atoms with E-state index >= 15 is 0 Å². The van der Waals surface area contributed by atoms with Gasteiger partial charge in [0.05, 0.1) is 25.2 Å². The molecular weight excluding hydrogens is 250 g/mol. The summed E-state index contributed by atoms with van der Waals surface area (Å²) >= 11 is 5.31. The molecule has 1 heterocycles. The zero-order valence-corrected chi connectivity index (χ0v) is 11.4. The van der Waals surface area contributed by atoms with Gasteiger partial charge in [-0.2, -0.15) is 0 Å². The first kappa shape index (κ1) is 13.5. The van der Waals surface area contributed by atoms with Gasteiger partial charge in [-0.15, -0.1) is 0 Å². The molecule has 0 radical (unpaired) electrons. The predicted molar refractivity (Wildman–Crippen MR) is 73.1 cm³/mol. The summed E-state index contributed by atoms with van der Waals surface area (Å²) in [6.45, 7) is 0.977. The molecule has 0 unspecified atom stereocenters. The highest BCUT2D eigenvalue weighted by Crippen LogP contribution is 2.21. The van der Waals surface area contributed by atoms with E-state index in [0.717, 1.165) is 0 Å². The minimum Gasteiger partial charge on any atom is -0.376 e. The van der Waals surface area contributed by atoms with Crippen molar-refractivity contribution >= 4 is 23.2 Å². The molecule has 2 fully saturated rings. The predicted octanol–water partition coefficient (Wildman–Crippen LogP) is 0.428. The van der Waals surface area contributed by atoms with Gasteiger partial charge < -0.3 is 21.1 Å². The monoisotopic (exact) mass is 271 g/mol.